The molecule has 0 aliphatic carbocycles. The first kappa shape index (κ1) is 15.0. The largest absolute Gasteiger partial charge is 0.284 e. The number of para-hydroxylation sites is 1. The Morgan fingerprint density at radius 1 is 1.00 bits per heavy atom. The molecule has 0 aliphatic rings. The van der Waals surface area contributed by atoms with Gasteiger partial charge < -0.3 is 0 Å². The van der Waals surface area contributed by atoms with Crippen molar-refractivity contribution >= 4 is 39.3 Å². The summed E-state index contributed by atoms with van der Waals surface area (Å²) in [5, 5.41) is 1.85. The van der Waals surface area contributed by atoms with Gasteiger partial charge in [0.15, 0.2) is 16.5 Å². The fourth-order valence-electron chi connectivity index (χ4n) is 3.10. The van der Waals surface area contributed by atoms with E-state index < -0.39 is 0 Å². The average molecular weight is 360 g/mol. The van der Waals surface area contributed by atoms with E-state index in [9.17, 15) is 4.79 Å². The lowest BCUT2D eigenvalue weighted by atomic mass is 10.2. The van der Waals surface area contributed by atoms with Crippen molar-refractivity contribution in [2.24, 2.45) is 0 Å². The summed E-state index contributed by atoms with van der Waals surface area (Å²) in [6.07, 6.45) is 6.85. The van der Waals surface area contributed by atoms with Crippen LogP contribution in [0.15, 0.2) is 64.9 Å². The molecule has 4 heterocycles. The second-order valence-electron chi connectivity index (χ2n) is 5.69. The molecule has 0 radical (unpaired) electrons. The van der Waals surface area contributed by atoms with Gasteiger partial charge in [-0.1, -0.05) is 23.9 Å². The average Bonchev–Trinajstić information content (AvgIpc) is 3.03. The van der Waals surface area contributed by atoms with E-state index in [1.807, 2.05) is 47.3 Å². The summed E-state index contributed by atoms with van der Waals surface area (Å²) in [5.74, 6) is 0. The monoisotopic (exact) mass is 360 g/mol. The predicted octanol–water partition coefficient (Wildman–Crippen LogP) is 2.70. The zero-order valence-electron chi connectivity index (χ0n) is 13.7. The Morgan fingerprint density at radius 2 is 1.88 bits per heavy atom. The molecule has 4 aromatic heterocycles. The van der Waals surface area contributed by atoms with E-state index in [0.717, 1.165) is 16.6 Å². The van der Waals surface area contributed by atoms with Crippen molar-refractivity contribution in [3.8, 4) is 5.69 Å². The van der Waals surface area contributed by atoms with Gasteiger partial charge in [-0.15, -0.1) is 0 Å². The quantitative estimate of drug-likeness (QED) is 0.356. The first-order chi connectivity index (χ1) is 12.8. The number of nitrogens with zero attached hydrogens (tertiary/aromatic N) is 6. The minimum atomic E-state index is -0.210. The van der Waals surface area contributed by atoms with Crippen molar-refractivity contribution in [3.63, 3.8) is 0 Å². The number of hydrogen-bond acceptors (Lipinski definition) is 6. The van der Waals surface area contributed by atoms with Gasteiger partial charge in [-0.2, -0.15) is 4.52 Å². The Balaban J connectivity index is 2.03. The molecule has 0 fully saturated rings. The Kier molecular flexibility index (Phi) is 3.26. The van der Waals surface area contributed by atoms with E-state index in [0.29, 0.717) is 21.8 Å². The zero-order chi connectivity index (χ0) is 17.7. The molecule has 0 amide bonds. The molecule has 0 bridgehead atoms. The van der Waals surface area contributed by atoms with E-state index in [1.165, 1.54) is 11.8 Å². The van der Waals surface area contributed by atoms with Crippen molar-refractivity contribution in [2.45, 2.75) is 5.16 Å². The summed E-state index contributed by atoms with van der Waals surface area (Å²) >= 11 is 1.42. The van der Waals surface area contributed by atoms with Crippen LogP contribution in [0.2, 0.25) is 0 Å². The molecule has 0 saturated heterocycles. The molecule has 0 atom stereocenters. The maximum Gasteiger partial charge on any atom is 0.284 e. The second-order valence-corrected chi connectivity index (χ2v) is 6.46. The molecule has 5 aromatic rings. The Hall–Kier alpha value is -3.26. The summed E-state index contributed by atoms with van der Waals surface area (Å²) in [6, 6.07) is 11.5. The highest BCUT2D eigenvalue weighted by atomic mass is 32.2. The van der Waals surface area contributed by atoms with Crippen LogP contribution in [0.5, 0.6) is 0 Å². The normalized spacial score (nSPS) is 11.6. The molecule has 0 N–H and O–H groups in total. The second kappa shape index (κ2) is 5.63. The molecule has 7 nitrogen and oxygen atoms in total. The molecule has 1 aromatic carbocycles. The molecule has 0 spiro atoms. The van der Waals surface area contributed by atoms with E-state index >= 15 is 0 Å². The molecule has 0 aliphatic heterocycles. The molecule has 8 heteroatoms. The number of thioether (sulfide) groups is 1. The summed E-state index contributed by atoms with van der Waals surface area (Å²) in [4.78, 5) is 30.7. The van der Waals surface area contributed by atoms with Crippen molar-refractivity contribution < 1.29 is 0 Å². The highest BCUT2D eigenvalue weighted by Gasteiger charge is 2.17. The molecule has 5 rings (SSSR count). The van der Waals surface area contributed by atoms with E-state index in [4.69, 9.17) is 0 Å². The third kappa shape index (κ3) is 2.05. The minimum absolute atomic E-state index is 0.210. The van der Waals surface area contributed by atoms with E-state index in [-0.39, 0.29) is 5.56 Å². The lowest BCUT2D eigenvalue weighted by molar-refractivity contribution is 0.787. The van der Waals surface area contributed by atoms with Gasteiger partial charge in [0.05, 0.1) is 17.4 Å². The van der Waals surface area contributed by atoms with Crippen LogP contribution < -0.4 is 5.56 Å². The number of benzene rings is 1. The molecule has 26 heavy (non-hydrogen) atoms. The molecular formula is C18H12N6OS. The smallest absolute Gasteiger partial charge is 0.266 e. The lowest BCUT2D eigenvalue weighted by Gasteiger charge is -2.07. The standard InChI is InChI=1S/C18H12N6OS/c1-26-18-20-10-13-15(22-18)21-16-12-6-2-3-7-14(12)23(24(16)17(13)25)11-5-4-8-19-9-11/h2-10H,1H3. The fourth-order valence-corrected chi connectivity index (χ4v) is 3.43. The number of hydrogen-bond donors (Lipinski definition) is 0. The van der Waals surface area contributed by atoms with Gasteiger partial charge in [-0.05, 0) is 30.5 Å². The van der Waals surface area contributed by atoms with Crippen molar-refractivity contribution in [2.75, 3.05) is 6.26 Å². The SMILES string of the molecule is CSc1ncc2c(=O)n3c(nc2n1)c1ccccc1n3-c1cccnc1. The number of aromatic nitrogens is 6. The molecule has 0 unspecified atom stereocenters. The Bertz CT molecular complexity index is 1340. The molecular weight excluding hydrogens is 348 g/mol. The van der Waals surface area contributed by atoms with E-state index in [1.54, 1.807) is 23.1 Å². The predicted molar refractivity (Wildman–Crippen MR) is 101 cm³/mol. The number of pyridine rings is 1. The van der Waals surface area contributed by atoms with Crippen LogP contribution in [0, 0.1) is 0 Å². The van der Waals surface area contributed by atoms with Crippen LogP contribution in [0.3, 0.4) is 0 Å². The lowest BCUT2D eigenvalue weighted by Crippen LogP contribution is -2.21. The van der Waals surface area contributed by atoms with Crippen LogP contribution >= 0.6 is 11.8 Å². The van der Waals surface area contributed by atoms with E-state index in [2.05, 4.69) is 19.9 Å². The first-order valence-electron chi connectivity index (χ1n) is 7.91. The van der Waals surface area contributed by atoms with Crippen molar-refractivity contribution in [3.05, 3.63) is 65.3 Å². The van der Waals surface area contributed by atoms with Gasteiger partial charge in [0, 0.05) is 17.8 Å². The van der Waals surface area contributed by atoms with Crippen LogP contribution in [0.1, 0.15) is 0 Å². The van der Waals surface area contributed by atoms with Crippen LogP contribution in [0.25, 0.3) is 33.3 Å². The summed E-state index contributed by atoms with van der Waals surface area (Å²) in [5.41, 5.74) is 2.41. The zero-order valence-corrected chi connectivity index (χ0v) is 14.5. The first-order valence-corrected chi connectivity index (χ1v) is 9.14. The highest BCUT2D eigenvalue weighted by molar-refractivity contribution is 7.98. The van der Waals surface area contributed by atoms with Gasteiger partial charge in [-0.25, -0.2) is 19.6 Å². The maximum atomic E-state index is 13.2. The number of rotatable bonds is 2. The topological polar surface area (TPSA) is 78.0 Å². The third-order valence-electron chi connectivity index (χ3n) is 4.23. The van der Waals surface area contributed by atoms with Crippen LogP contribution in [-0.2, 0) is 0 Å². The van der Waals surface area contributed by atoms with Gasteiger partial charge >= 0.3 is 0 Å². The fraction of sp³-hybridized carbons (Fsp3) is 0.0556. The highest BCUT2D eigenvalue weighted by Crippen LogP contribution is 2.24. The maximum absolute atomic E-state index is 13.2. The molecule has 126 valence electrons. The summed E-state index contributed by atoms with van der Waals surface area (Å²) < 4.78 is 3.39. The van der Waals surface area contributed by atoms with Gasteiger partial charge in [0.1, 0.15) is 5.39 Å². The van der Waals surface area contributed by atoms with Crippen molar-refractivity contribution in [1.82, 2.24) is 29.1 Å². The van der Waals surface area contributed by atoms with Gasteiger partial charge in [0.2, 0.25) is 0 Å². The van der Waals surface area contributed by atoms with Crippen LogP contribution in [-0.4, -0.2) is 35.4 Å². The Morgan fingerprint density at radius 3 is 2.69 bits per heavy atom. The molecule has 0 saturated carbocycles. The van der Waals surface area contributed by atoms with Gasteiger partial charge in [0.25, 0.3) is 5.56 Å². The third-order valence-corrected chi connectivity index (χ3v) is 4.79. The van der Waals surface area contributed by atoms with Crippen LogP contribution in [0.4, 0.5) is 0 Å². The minimum Gasteiger partial charge on any atom is -0.266 e. The summed E-state index contributed by atoms with van der Waals surface area (Å²) in [6.45, 7) is 0. The summed E-state index contributed by atoms with van der Waals surface area (Å²) in [7, 11) is 0. The Labute approximate surface area is 151 Å². The van der Waals surface area contributed by atoms with Gasteiger partial charge in [-0.3, -0.25) is 9.78 Å². The number of fused-ring (bicyclic) bond motifs is 4. The van der Waals surface area contributed by atoms with Crippen molar-refractivity contribution in [1.29, 1.82) is 0 Å².